The second kappa shape index (κ2) is 8.85. The summed E-state index contributed by atoms with van der Waals surface area (Å²) in [6.45, 7) is 4.81. The predicted octanol–water partition coefficient (Wildman–Crippen LogP) is 4.40. The van der Waals surface area contributed by atoms with Gasteiger partial charge in [0, 0.05) is 30.6 Å². The van der Waals surface area contributed by atoms with Crippen molar-refractivity contribution in [2.75, 3.05) is 5.32 Å². The Morgan fingerprint density at radius 1 is 1.15 bits per heavy atom. The Hall–Kier alpha value is -2.62. The highest BCUT2D eigenvalue weighted by Gasteiger charge is 2.27. The van der Waals surface area contributed by atoms with E-state index in [0.717, 1.165) is 23.2 Å². The number of amides is 2. The molecule has 4 heteroatoms. The fourth-order valence-electron chi connectivity index (χ4n) is 3.58. The zero-order valence-corrected chi connectivity index (χ0v) is 16.2. The summed E-state index contributed by atoms with van der Waals surface area (Å²) in [5.74, 6) is 0.0128. The molecule has 1 heterocycles. The monoisotopic (exact) mass is 364 g/mol. The molecule has 27 heavy (non-hydrogen) atoms. The van der Waals surface area contributed by atoms with Crippen molar-refractivity contribution < 1.29 is 9.59 Å². The number of nitrogens with zero attached hydrogens (tertiary/aromatic N) is 1. The number of rotatable bonds is 7. The molecule has 1 aliphatic rings. The second-order valence-electron chi connectivity index (χ2n) is 7.35. The quantitative estimate of drug-likeness (QED) is 0.791. The van der Waals surface area contributed by atoms with Crippen LogP contribution in [0.1, 0.15) is 44.2 Å². The van der Waals surface area contributed by atoms with E-state index in [1.165, 1.54) is 0 Å². The molecule has 1 N–H and O–H groups in total. The predicted molar refractivity (Wildman–Crippen MR) is 108 cm³/mol. The van der Waals surface area contributed by atoms with E-state index >= 15 is 0 Å². The normalized spacial score (nSPS) is 17.0. The van der Waals surface area contributed by atoms with Gasteiger partial charge in [-0.2, -0.15) is 0 Å². The van der Waals surface area contributed by atoms with E-state index in [-0.39, 0.29) is 23.8 Å². The van der Waals surface area contributed by atoms with Crippen molar-refractivity contribution in [2.45, 2.75) is 52.1 Å². The molecule has 0 saturated carbocycles. The molecular weight excluding hydrogens is 336 g/mol. The molecule has 2 atom stereocenters. The molecule has 0 fully saturated rings. The summed E-state index contributed by atoms with van der Waals surface area (Å²) in [5.41, 5.74) is 3.18. The maximum absolute atomic E-state index is 12.9. The Morgan fingerprint density at radius 3 is 2.59 bits per heavy atom. The number of nitrogens with one attached hydrogen (secondary N) is 1. The molecule has 4 nitrogen and oxygen atoms in total. The minimum atomic E-state index is -0.139. The van der Waals surface area contributed by atoms with Crippen LogP contribution < -0.4 is 5.32 Å². The molecule has 0 aliphatic carbocycles. The lowest BCUT2D eigenvalue weighted by Gasteiger charge is -2.30. The van der Waals surface area contributed by atoms with Crippen LogP contribution in [0.25, 0.3) is 0 Å². The standard InChI is InChI=1S/C23H28N2O2/c1-3-17(2)25(16-18-9-5-4-6-10-18)22(26)14-13-20-15-19-11-7-8-12-21(19)24-23(20)27/h4-12,17,20H,3,13-16H2,1-2H3,(H,24,27). The summed E-state index contributed by atoms with van der Waals surface area (Å²) in [6.07, 6.45) is 2.60. The Labute approximate surface area is 161 Å². The van der Waals surface area contributed by atoms with E-state index in [0.29, 0.717) is 25.8 Å². The third kappa shape index (κ3) is 4.76. The van der Waals surface area contributed by atoms with Gasteiger partial charge in [0.2, 0.25) is 11.8 Å². The zero-order valence-electron chi connectivity index (χ0n) is 16.2. The number of benzene rings is 2. The van der Waals surface area contributed by atoms with Gasteiger partial charge in [0.05, 0.1) is 0 Å². The molecule has 2 amide bonds. The molecule has 3 rings (SSSR count). The Bertz CT molecular complexity index is 788. The molecule has 2 aromatic rings. The van der Waals surface area contributed by atoms with E-state index in [1.807, 2.05) is 59.5 Å². The third-order valence-electron chi connectivity index (χ3n) is 5.46. The van der Waals surface area contributed by atoms with Crippen LogP contribution in [0, 0.1) is 5.92 Å². The summed E-state index contributed by atoms with van der Waals surface area (Å²) in [5, 5.41) is 2.97. The molecule has 2 aromatic carbocycles. The van der Waals surface area contributed by atoms with Crippen molar-refractivity contribution in [3.8, 4) is 0 Å². The average Bonchev–Trinajstić information content (AvgIpc) is 2.70. The van der Waals surface area contributed by atoms with Crippen LogP contribution in [-0.4, -0.2) is 22.8 Å². The Kier molecular flexibility index (Phi) is 6.28. The average molecular weight is 364 g/mol. The molecule has 2 unspecified atom stereocenters. The molecule has 1 aliphatic heterocycles. The smallest absolute Gasteiger partial charge is 0.227 e. The summed E-state index contributed by atoms with van der Waals surface area (Å²) < 4.78 is 0. The largest absolute Gasteiger partial charge is 0.336 e. The first-order chi connectivity index (χ1) is 13.1. The molecule has 0 radical (unpaired) electrons. The number of hydrogen-bond acceptors (Lipinski definition) is 2. The minimum absolute atomic E-state index is 0.0275. The number of fused-ring (bicyclic) bond motifs is 1. The lowest BCUT2D eigenvalue weighted by Crippen LogP contribution is -2.38. The minimum Gasteiger partial charge on any atom is -0.336 e. The van der Waals surface area contributed by atoms with Gasteiger partial charge in [0.15, 0.2) is 0 Å². The maximum Gasteiger partial charge on any atom is 0.227 e. The molecule has 142 valence electrons. The number of anilines is 1. The van der Waals surface area contributed by atoms with Crippen LogP contribution in [0.2, 0.25) is 0 Å². The maximum atomic E-state index is 12.9. The van der Waals surface area contributed by atoms with Crippen molar-refractivity contribution in [2.24, 2.45) is 5.92 Å². The first-order valence-corrected chi connectivity index (χ1v) is 9.80. The molecule has 0 aromatic heterocycles. The van der Waals surface area contributed by atoms with Gasteiger partial charge in [-0.1, -0.05) is 55.5 Å². The zero-order chi connectivity index (χ0) is 19.2. The van der Waals surface area contributed by atoms with E-state index in [9.17, 15) is 9.59 Å². The summed E-state index contributed by atoms with van der Waals surface area (Å²) in [6, 6.07) is 18.2. The van der Waals surface area contributed by atoms with Crippen LogP contribution in [0.3, 0.4) is 0 Å². The van der Waals surface area contributed by atoms with Gasteiger partial charge in [-0.15, -0.1) is 0 Å². The molecule has 0 saturated heterocycles. The highest BCUT2D eigenvalue weighted by molar-refractivity contribution is 5.96. The van der Waals surface area contributed by atoms with Crippen LogP contribution in [0.5, 0.6) is 0 Å². The fourth-order valence-corrected chi connectivity index (χ4v) is 3.58. The van der Waals surface area contributed by atoms with E-state index in [4.69, 9.17) is 0 Å². The number of carbonyl (C=O) groups excluding carboxylic acids is 2. The highest BCUT2D eigenvalue weighted by atomic mass is 16.2. The summed E-state index contributed by atoms with van der Waals surface area (Å²) >= 11 is 0. The topological polar surface area (TPSA) is 49.4 Å². The number of para-hydroxylation sites is 1. The second-order valence-corrected chi connectivity index (χ2v) is 7.35. The van der Waals surface area contributed by atoms with Crippen molar-refractivity contribution in [1.29, 1.82) is 0 Å². The SMILES string of the molecule is CCC(C)N(Cc1ccccc1)C(=O)CCC1Cc2ccccc2NC1=O. The van der Waals surface area contributed by atoms with Gasteiger partial charge in [-0.3, -0.25) is 9.59 Å². The van der Waals surface area contributed by atoms with E-state index in [2.05, 4.69) is 19.2 Å². The summed E-state index contributed by atoms with van der Waals surface area (Å²) in [4.78, 5) is 27.3. The molecule has 0 bridgehead atoms. The van der Waals surface area contributed by atoms with Gasteiger partial charge >= 0.3 is 0 Å². The Morgan fingerprint density at radius 2 is 1.85 bits per heavy atom. The Balaban J connectivity index is 1.63. The van der Waals surface area contributed by atoms with Crippen LogP contribution >= 0.6 is 0 Å². The third-order valence-corrected chi connectivity index (χ3v) is 5.46. The van der Waals surface area contributed by atoms with Gasteiger partial charge in [0.25, 0.3) is 0 Å². The van der Waals surface area contributed by atoms with Gasteiger partial charge < -0.3 is 10.2 Å². The first kappa shape index (κ1) is 19.2. The lowest BCUT2D eigenvalue weighted by molar-refractivity contribution is -0.134. The van der Waals surface area contributed by atoms with Crippen molar-refractivity contribution in [3.63, 3.8) is 0 Å². The van der Waals surface area contributed by atoms with Gasteiger partial charge in [0.1, 0.15) is 0 Å². The van der Waals surface area contributed by atoms with Crippen LogP contribution in [0.4, 0.5) is 5.69 Å². The van der Waals surface area contributed by atoms with Crippen LogP contribution in [0.15, 0.2) is 54.6 Å². The van der Waals surface area contributed by atoms with Gasteiger partial charge in [-0.05, 0) is 43.4 Å². The molecule has 0 spiro atoms. The number of hydrogen-bond donors (Lipinski definition) is 1. The van der Waals surface area contributed by atoms with Crippen molar-refractivity contribution >= 4 is 17.5 Å². The van der Waals surface area contributed by atoms with Crippen molar-refractivity contribution in [3.05, 3.63) is 65.7 Å². The van der Waals surface area contributed by atoms with E-state index in [1.54, 1.807) is 0 Å². The van der Waals surface area contributed by atoms with Crippen molar-refractivity contribution in [1.82, 2.24) is 4.90 Å². The first-order valence-electron chi connectivity index (χ1n) is 9.80. The lowest BCUT2D eigenvalue weighted by atomic mass is 9.89. The molecular formula is C23H28N2O2. The highest BCUT2D eigenvalue weighted by Crippen LogP contribution is 2.28. The fraction of sp³-hybridized carbons (Fsp3) is 0.391. The van der Waals surface area contributed by atoms with E-state index < -0.39 is 0 Å². The number of carbonyl (C=O) groups is 2. The van der Waals surface area contributed by atoms with Gasteiger partial charge in [-0.25, -0.2) is 0 Å². The summed E-state index contributed by atoms with van der Waals surface area (Å²) in [7, 11) is 0. The van der Waals surface area contributed by atoms with Crippen LogP contribution in [-0.2, 0) is 22.6 Å².